The minimum Gasteiger partial charge on any atom is -0.0622 e. The van der Waals surface area contributed by atoms with Gasteiger partial charge in [-0.25, -0.2) is 0 Å². The van der Waals surface area contributed by atoms with Crippen LogP contribution in [0.2, 0.25) is 0 Å². The van der Waals surface area contributed by atoms with E-state index >= 15 is 0 Å². The number of fused-ring (bicyclic) bond motifs is 1. The fourth-order valence-electron chi connectivity index (χ4n) is 2.42. The number of hydrogen-bond donors (Lipinski definition) is 0. The second-order valence-corrected chi connectivity index (χ2v) is 4.83. The highest BCUT2D eigenvalue weighted by atomic mass is 14.1. The topological polar surface area (TPSA) is 0 Å². The standard InChI is InChI=1S/C18H16/c1-13-11-16-9-6-10-17(18(16)12-14(13)2)15-7-4-3-5-8-15/h3-12H,1-2H3. The number of benzene rings is 3. The molecule has 0 heteroatoms. The molecule has 0 nitrogen and oxygen atoms in total. The predicted octanol–water partition coefficient (Wildman–Crippen LogP) is 5.12. The van der Waals surface area contributed by atoms with Gasteiger partial charge in [-0.05, 0) is 46.9 Å². The summed E-state index contributed by atoms with van der Waals surface area (Å²) in [7, 11) is 0. The quantitative estimate of drug-likeness (QED) is 0.546. The van der Waals surface area contributed by atoms with E-state index in [9.17, 15) is 0 Å². The van der Waals surface area contributed by atoms with E-state index in [1.807, 2.05) is 0 Å². The van der Waals surface area contributed by atoms with Crippen LogP contribution in [0, 0.1) is 13.8 Å². The first-order valence-corrected chi connectivity index (χ1v) is 6.31. The molecule has 0 heterocycles. The summed E-state index contributed by atoms with van der Waals surface area (Å²) in [5, 5.41) is 2.66. The maximum absolute atomic E-state index is 2.30. The van der Waals surface area contributed by atoms with E-state index in [0.29, 0.717) is 0 Å². The zero-order valence-corrected chi connectivity index (χ0v) is 10.8. The van der Waals surface area contributed by atoms with Crippen molar-refractivity contribution in [1.82, 2.24) is 0 Å². The summed E-state index contributed by atoms with van der Waals surface area (Å²) < 4.78 is 0. The Labute approximate surface area is 108 Å². The van der Waals surface area contributed by atoms with Crippen molar-refractivity contribution >= 4 is 10.8 Å². The van der Waals surface area contributed by atoms with Crippen molar-refractivity contribution in [2.75, 3.05) is 0 Å². The van der Waals surface area contributed by atoms with Gasteiger partial charge in [0.25, 0.3) is 0 Å². The SMILES string of the molecule is Cc1cc2cccc(-c3ccccc3)c2cc1C. The van der Waals surface area contributed by atoms with Crippen molar-refractivity contribution in [3.05, 3.63) is 71.8 Å². The Morgan fingerprint density at radius 2 is 1.39 bits per heavy atom. The fraction of sp³-hybridized carbons (Fsp3) is 0.111. The molecule has 3 rings (SSSR count). The van der Waals surface area contributed by atoms with Crippen LogP contribution >= 0.6 is 0 Å². The second-order valence-electron chi connectivity index (χ2n) is 4.83. The van der Waals surface area contributed by atoms with Crippen LogP contribution in [0.3, 0.4) is 0 Å². The Morgan fingerprint density at radius 1 is 0.667 bits per heavy atom. The van der Waals surface area contributed by atoms with Crippen molar-refractivity contribution in [2.24, 2.45) is 0 Å². The first-order valence-electron chi connectivity index (χ1n) is 6.31. The van der Waals surface area contributed by atoms with Gasteiger partial charge in [0.15, 0.2) is 0 Å². The molecule has 0 amide bonds. The molecule has 0 saturated carbocycles. The number of hydrogen-bond acceptors (Lipinski definition) is 0. The molecule has 3 aromatic rings. The summed E-state index contributed by atoms with van der Waals surface area (Å²) in [6, 6.07) is 21.7. The lowest BCUT2D eigenvalue weighted by Crippen LogP contribution is -1.85. The van der Waals surface area contributed by atoms with Crippen LogP contribution in [0.4, 0.5) is 0 Å². The molecule has 0 aromatic heterocycles. The van der Waals surface area contributed by atoms with Crippen molar-refractivity contribution in [3.8, 4) is 11.1 Å². The third kappa shape index (κ3) is 1.80. The van der Waals surface area contributed by atoms with Crippen LogP contribution in [-0.2, 0) is 0 Å². The summed E-state index contributed by atoms with van der Waals surface area (Å²) in [6.07, 6.45) is 0. The van der Waals surface area contributed by atoms with Crippen molar-refractivity contribution < 1.29 is 0 Å². The van der Waals surface area contributed by atoms with Gasteiger partial charge in [-0.1, -0.05) is 60.7 Å². The average molecular weight is 232 g/mol. The van der Waals surface area contributed by atoms with Gasteiger partial charge in [-0.15, -0.1) is 0 Å². The first-order chi connectivity index (χ1) is 8.75. The summed E-state index contributed by atoms with van der Waals surface area (Å²) in [4.78, 5) is 0. The molecule has 88 valence electrons. The largest absolute Gasteiger partial charge is 0.0622 e. The average Bonchev–Trinajstić information content (AvgIpc) is 2.40. The smallest absolute Gasteiger partial charge is 0.0103 e. The molecule has 0 aliphatic carbocycles. The van der Waals surface area contributed by atoms with E-state index in [-0.39, 0.29) is 0 Å². The highest BCUT2D eigenvalue weighted by Crippen LogP contribution is 2.30. The third-order valence-corrected chi connectivity index (χ3v) is 3.58. The van der Waals surface area contributed by atoms with Gasteiger partial charge >= 0.3 is 0 Å². The fourth-order valence-corrected chi connectivity index (χ4v) is 2.42. The minimum absolute atomic E-state index is 1.28. The van der Waals surface area contributed by atoms with E-state index in [0.717, 1.165) is 0 Å². The zero-order valence-electron chi connectivity index (χ0n) is 10.8. The molecule has 0 N–H and O–H groups in total. The molecule has 0 radical (unpaired) electrons. The first kappa shape index (κ1) is 11.0. The molecule has 0 saturated heterocycles. The summed E-state index contributed by atoms with van der Waals surface area (Å²) in [5.74, 6) is 0. The van der Waals surface area contributed by atoms with Crippen LogP contribution in [0.5, 0.6) is 0 Å². The molecule has 0 unspecified atom stereocenters. The van der Waals surface area contributed by atoms with Gasteiger partial charge in [0.2, 0.25) is 0 Å². The highest BCUT2D eigenvalue weighted by molar-refractivity contribution is 5.97. The van der Waals surface area contributed by atoms with E-state index < -0.39 is 0 Å². The maximum atomic E-state index is 2.30. The van der Waals surface area contributed by atoms with Crippen LogP contribution in [0.1, 0.15) is 11.1 Å². The molecule has 0 aliphatic rings. The monoisotopic (exact) mass is 232 g/mol. The molecule has 3 aromatic carbocycles. The number of aryl methyl sites for hydroxylation is 2. The van der Waals surface area contributed by atoms with Gasteiger partial charge in [0.1, 0.15) is 0 Å². The Bertz CT molecular complexity index is 694. The van der Waals surface area contributed by atoms with Crippen molar-refractivity contribution in [2.45, 2.75) is 13.8 Å². The van der Waals surface area contributed by atoms with E-state index in [4.69, 9.17) is 0 Å². The molecule has 0 aliphatic heterocycles. The van der Waals surface area contributed by atoms with E-state index in [1.165, 1.54) is 33.0 Å². The summed E-state index contributed by atoms with van der Waals surface area (Å²) in [5.41, 5.74) is 5.31. The van der Waals surface area contributed by atoms with Gasteiger partial charge in [0, 0.05) is 0 Å². The Balaban J connectivity index is 2.34. The zero-order chi connectivity index (χ0) is 12.5. The second kappa shape index (κ2) is 4.30. The van der Waals surface area contributed by atoms with E-state index in [2.05, 4.69) is 74.5 Å². The summed E-state index contributed by atoms with van der Waals surface area (Å²) in [6.45, 7) is 4.35. The molecule has 0 fully saturated rings. The molecule has 0 bridgehead atoms. The third-order valence-electron chi connectivity index (χ3n) is 3.58. The molecular formula is C18H16. The Hall–Kier alpha value is -2.08. The Morgan fingerprint density at radius 3 is 2.17 bits per heavy atom. The lowest BCUT2D eigenvalue weighted by Gasteiger charge is -2.09. The summed E-state index contributed by atoms with van der Waals surface area (Å²) >= 11 is 0. The number of rotatable bonds is 1. The lowest BCUT2D eigenvalue weighted by atomic mass is 9.95. The lowest BCUT2D eigenvalue weighted by molar-refractivity contribution is 1.37. The highest BCUT2D eigenvalue weighted by Gasteiger charge is 2.04. The maximum Gasteiger partial charge on any atom is -0.0103 e. The molecule has 0 spiro atoms. The Kier molecular flexibility index (Phi) is 2.64. The predicted molar refractivity (Wildman–Crippen MR) is 78.9 cm³/mol. The van der Waals surface area contributed by atoms with Gasteiger partial charge in [-0.2, -0.15) is 0 Å². The van der Waals surface area contributed by atoms with Gasteiger partial charge in [0.05, 0.1) is 0 Å². The van der Waals surface area contributed by atoms with Crippen LogP contribution in [-0.4, -0.2) is 0 Å². The van der Waals surface area contributed by atoms with Crippen LogP contribution in [0.15, 0.2) is 60.7 Å². The van der Waals surface area contributed by atoms with Crippen molar-refractivity contribution in [3.63, 3.8) is 0 Å². The van der Waals surface area contributed by atoms with Crippen LogP contribution < -0.4 is 0 Å². The van der Waals surface area contributed by atoms with E-state index in [1.54, 1.807) is 0 Å². The molecule has 18 heavy (non-hydrogen) atoms. The van der Waals surface area contributed by atoms with Crippen molar-refractivity contribution in [1.29, 1.82) is 0 Å². The normalized spacial score (nSPS) is 10.8. The van der Waals surface area contributed by atoms with Crippen LogP contribution in [0.25, 0.3) is 21.9 Å². The van der Waals surface area contributed by atoms with Gasteiger partial charge < -0.3 is 0 Å². The molecule has 0 atom stereocenters. The van der Waals surface area contributed by atoms with Gasteiger partial charge in [-0.3, -0.25) is 0 Å². The molecular weight excluding hydrogens is 216 g/mol. The minimum atomic E-state index is 1.28.